The van der Waals surface area contributed by atoms with Crippen LogP contribution in [0, 0.1) is 12.7 Å². The molecule has 0 radical (unpaired) electrons. The average Bonchev–Trinajstić information content (AvgIpc) is 3.70. The van der Waals surface area contributed by atoms with E-state index in [1.165, 1.54) is 21.7 Å². The molecule has 0 aliphatic carbocycles. The molecule has 14 heteroatoms. The van der Waals surface area contributed by atoms with Gasteiger partial charge >= 0.3 is 6.18 Å². The Morgan fingerprint density at radius 3 is 2.50 bits per heavy atom. The van der Waals surface area contributed by atoms with Gasteiger partial charge in [-0.05, 0) is 43.3 Å². The average molecular weight is 626 g/mol. The fourth-order valence-corrected chi connectivity index (χ4v) is 6.27. The Morgan fingerprint density at radius 2 is 1.82 bits per heavy atom. The quantitative estimate of drug-likeness (QED) is 0.112. The first-order valence-electron chi connectivity index (χ1n) is 14.0. The minimum absolute atomic E-state index is 0.111. The largest absolute Gasteiger partial charge is 0.419 e. The third-order valence-electron chi connectivity index (χ3n) is 7.78. The van der Waals surface area contributed by atoms with Gasteiger partial charge < -0.3 is 9.30 Å². The molecular formula is C30H31F4N7O2Si. The molecule has 0 saturated carbocycles. The van der Waals surface area contributed by atoms with Gasteiger partial charge in [-0.15, -0.1) is 0 Å². The zero-order valence-corrected chi connectivity index (χ0v) is 25.9. The second-order valence-corrected chi connectivity index (χ2v) is 17.8. The summed E-state index contributed by atoms with van der Waals surface area (Å²) in [6, 6.07) is 9.66. The number of anilines is 1. The van der Waals surface area contributed by atoms with Crippen LogP contribution >= 0.6 is 0 Å². The summed E-state index contributed by atoms with van der Waals surface area (Å²) in [6.45, 7) is 9.64. The molecule has 0 saturated heterocycles. The highest BCUT2D eigenvalue weighted by molar-refractivity contribution is 6.76. The predicted octanol–water partition coefficient (Wildman–Crippen LogP) is 6.48. The summed E-state index contributed by atoms with van der Waals surface area (Å²) in [5.74, 6) is -1.06. The topological polar surface area (TPSA) is 83.0 Å². The number of carbonyl (C=O) groups is 1. The number of rotatable bonds is 8. The predicted molar refractivity (Wildman–Crippen MR) is 159 cm³/mol. The smallest absolute Gasteiger partial charge is 0.361 e. The zero-order valence-electron chi connectivity index (χ0n) is 24.9. The van der Waals surface area contributed by atoms with Crippen molar-refractivity contribution < 1.29 is 27.1 Å². The molecule has 9 nitrogen and oxygen atoms in total. The highest BCUT2D eigenvalue weighted by Gasteiger charge is 2.44. The maximum Gasteiger partial charge on any atom is 0.419 e. The molecule has 1 aliphatic rings. The second kappa shape index (κ2) is 10.7. The first-order chi connectivity index (χ1) is 20.7. The third-order valence-corrected chi connectivity index (χ3v) is 9.49. The highest BCUT2D eigenvalue weighted by Crippen LogP contribution is 2.44. The van der Waals surface area contributed by atoms with Crippen molar-refractivity contribution in [3.63, 3.8) is 0 Å². The first kappa shape index (κ1) is 29.8. The lowest BCUT2D eigenvalue weighted by molar-refractivity contribution is -0.137. The Bertz CT molecular complexity index is 1890. The van der Waals surface area contributed by atoms with Crippen LogP contribution in [0.5, 0.6) is 0 Å². The van der Waals surface area contributed by atoms with Crippen LogP contribution in [-0.2, 0) is 24.7 Å². The van der Waals surface area contributed by atoms with E-state index in [0.717, 1.165) is 28.5 Å². The number of aromatic nitrogens is 6. The lowest BCUT2D eigenvalue weighted by atomic mass is 9.98. The molecule has 1 atom stereocenters. The normalized spacial score (nSPS) is 15.5. The number of amides is 1. The van der Waals surface area contributed by atoms with Crippen LogP contribution in [0.4, 0.5) is 23.2 Å². The number of imidazole rings is 1. The molecule has 1 unspecified atom stereocenters. The molecule has 4 heterocycles. The molecule has 44 heavy (non-hydrogen) atoms. The number of alkyl halides is 3. The van der Waals surface area contributed by atoms with Crippen LogP contribution in [0.15, 0.2) is 55.1 Å². The Kier molecular flexibility index (Phi) is 7.23. The summed E-state index contributed by atoms with van der Waals surface area (Å²) in [6.07, 6.45) is -1.40. The zero-order chi connectivity index (χ0) is 31.6. The van der Waals surface area contributed by atoms with Gasteiger partial charge in [0.1, 0.15) is 18.2 Å². The fraction of sp³-hybridized carbons (Fsp3) is 0.333. The minimum Gasteiger partial charge on any atom is -0.361 e. The molecule has 3 aromatic heterocycles. The molecule has 5 aromatic rings. The molecule has 0 N–H and O–H groups in total. The number of ether oxygens (including phenoxy) is 1. The van der Waals surface area contributed by atoms with Crippen LogP contribution in [0.2, 0.25) is 25.7 Å². The monoisotopic (exact) mass is 625 g/mol. The third kappa shape index (κ3) is 5.32. The molecule has 1 amide bonds. The van der Waals surface area contributed by atoms with Gasteiger partial charge in [0, 0.05) is 44.7 Å². The molecule has 230 valence electrons. The number of hydrogen-bond donors (Lipinski definition) is 0. The number of aryl methyl sites for hydroxylation is 2. The lowest BCUT2D eigenvalue weighted by Crippen LogP contribution is -2.30. The minimum atomic E-state index is -4.58. The summed E-state index contributed by atoms with van der Waals surface area (Å²) in [5.41, 5.74) is 2.77. The number of hydrogen-bond acceptors (Lipinski definition) is 5. The maximum atomic E-state index is 15.9. The van der Waals surface area contributed by atoms with E-state index in [9.17, 15) is 18.0 Å². The van der Waals surface area contributed by atoms with Crippen LogP contribution < -0.4 is 4.90 Å². The number of carbonyl (C=O) groups excluding carboxylic acids is 1. The van der Waals surface area contributed by atoms with E-state index in [1.807, 2.05) is 10.6 Å². The van der Waals surface area contributed by atoms with Crippen LogP contribution in [0.25, 0.3) is 16.7 Å². The van der Waals surface area contributed by atoms with Gasteiger partial charge in [0.05, 0.1) is 46.5 Å². The molecule has 2 aromatic carbocycles. The molecule has 0 spiro atoms. The summed E-state index contributed by atoms with van der Waals surface area (Å²) >= 11 is 0. The van der Waals surface area contributed by atoms with Crippen molar-refractivity contribution in [2.24, 2.45) is 7.05 Å². The van der Waals surface area contributed by atoms with Crippen LogP contribution in [-0.4, -0.2) is 49.7 Å². The van der Waals surface area contributed by atoms with E-state index < -0.39 is 31.7 Å². The Labute approximate surface area is 251 Å². The number of nitrogens with zero attached hydrogens (tertiary/aromatic N) is 7. The summed E-state index contributed by atoms with van der Waals surface area (Å²) < 4.78 is 65.5. The van der Waals surface area contributed by atoms with Crippen LogP contribution in [0.1, 0.15) is 38.9 Å². The van der Waals surface area contributed by atoms with E-state index in [-0.39, 0.29) is 17.2 Å². The Hall–Kier alpha value is -4.30. The lowest BCUT2D eigenvalue weighted by Gasteiger charge is -2.27. The van der Waals surface area contributed by atoms with E-state index in [0.29, 0.717) is 47.7 Å². The standard InChI is InChI=1S/C30H31F4N7O2Si/c1-18-26-27(22-8-6-20(12-23(22)31)40-15-19(14-36-40)30(32,33)34)41(29(42)28(26)38(2)37-18)21-7-9-25-24(13-21)35-16-39(25)17-43-10-11-44(3,4)5/h6-9,12-16,27H,10-11,17H2,1-5H3. The summed E-state index contributed by atoms with van der Waals surface area (Å²) in [5, 5.41) is 8.16. The molecule has 1 aliphatic heterocycles. The SMILES string of the molecule is Cc1nn(C)c2c1C(c1ccc(-n3cc(C(F)(F)F)cn3)cc1F)N(c1ccc3c(c1)ncn3COCC[Si](C)(C)C)C2=O. The Balaban J connectivity index is 1.35. The van der Waals surface area contributed by atoms with E-state index in [2.05, 4.69) is 34.8 Å². The van der Waals surface area contributed by atoms with E-state index in [1.54, 1.807) is 32.4 Å². The van der Waals surface area contributed by atoms with E-state index >= 15 is 4.39 Å². The van der Waals surface area contributed by atoms with Gasteiger partial charge in [-0.1, -0.05) is 25.7 Å². The van der Waals surface area contributed by atoms with Crippen molar-refractivity contribution in [3.8, 4) is 5.69 Å². The first-order valence-corrected chi connectivity index (χ1v) is 17.7. The second-order valence-electron chi connectivity index (χ2n) is 12.2. The van der Waals surface area contributed by atoms with Crippen molar-refractivity contribution in [1.82, 2.24) is 29.1 Å². The van der Waals surface area contributed by atoms with E-state index in [4.69, 9.17) is 4.74 Å². The number of benzene rings is 2. The van der Waals surface area contributed by atoms with Crippen molar-refractivity contribution in [3.05, 3.63) is 89.0 Å². The summed E-state index contributed by atoms with van der Waals surface area (Å²) in [7, 11) is 0.437. The van der Waals surface area contributed by atoms with Crippen LogP contribution in [0.3, 0.4) is 0 Å². The van der Waals surface area contributed by atoms with Gasteiger partial charge in [-0.2, -0.15) is 23.4 Å². The van der Waals surface area contributed by atoms with Gasteiger partial charge in [-0.3, -0.25) is 14.4 Å². The fourth-order valence-electron chi connectivity index (χ4n) is 5.51. The molecule has 6 rings (SSSR count). The number of fused-ring (bicyclic) bond motifs is 2. The van der Waals surface area contributed by atoms with Crippen molar-refractivity contribution in [2.75, 3.05) is 11.5 Å². The Morgan fingerprint density at radius 1 is 1.07 bits per heavy atom. The highest BCUT2D eigenvalue weighted by atomic mass is 28.3. The van der Waals surface area contributed by atoms with Crippen molar-refractivity contribution in [2.45, 2.75) is 51.6 Å². The van der Waals surface area contributed by atoms with Gasteiger partial charge in [0.15, 0.2) is 0 Å². The van der Waals surface area contributed by atoms with Crippen molar-refractivity contribution >= 4 is 30.7 Å². The summed E-state index contributed by atoms with van der Waals surface area (Å²) in [4.78, 5) is 19.9. The van der Waals surface area contributed by atoms with Gasteiger partial charge in [0.25, 0.3) is 5.91 Å². The van der Waals surface area contributed by atoms with Crippen molar-refractivity contribution in [1.29, 1.82) is 0 Å². The molecule has 0 bridgehead atoms. The molecular weight excluding hydrogens is 594 g/mol. The van der Waals surface area contributed by atoms with Gasteiger partial charge in [-0.25, -0.2) is 14.1 Å². The number of halogens is 4. The van der Waals surface area contributed by atoms with Gasteiger partial charge in [0.2, 0.25) is 0 Å². The molecule has 0 fully saturated rings. The maximum absolute atomic E-state index is 15.9.